The lowest BCUT2D eigenvalue weighted by Gasteiger charge is -2.46. The number of carbonyl (C=O) groups is 3. The molecular weight excluding hydrogens is 470 g/mol. The van der Waals surface area contributed by atoms with Gasteiger partial charge in [-0.15, -0.1) is 5.10 Å². The normalized spacial score (nSPS) is 15.2. The molecule has 0 spiro atoms. The summed E-state index contributed by atoms with van der Waals surface area (Å²) in [5.74, 6) is -0.00771. The van der Waals surface area contributed by atoms with Crippen LogP contribution in [0, 0.1) is 6.92 Å². The highest BCUT2D eigenvalue weighted by Gasteiger charge is 2.41. The van der Waals surface area contributed by atoms with Gasteiger partial charge in [-0.2, -0.15) is 0 Å². The van der Waals surface area contributed by atoms with Gasteiger partial charge in [0, 0.05) is 37.0 Å². The van der Waals surface area contributed by atoms with E-state index in [1.54, 1.807) is 27.5 Å². The molecule has 2 aromatic heterocycles. The van der Waals surface area contributed by atoms with Gasteiger partial charge in [-0.05, 0) is 57.5 Å². The molecule has 2 aromatic carbocycles. The Bertz CT molecular complexity index is 1500. The first kappa shape index (κ1) is 24.4. The molecule has 0 bridgehead atoms. The van der Waals surface area contributed by atoms with Crippen molar-refractivity contribution in [2.24, 2.45) is 0 Å². The first-order valence-electron chi connectivity index (χ1n) is 12.2. The molecule has 0 aliphatic carbocycles. The minimum absolute atomic E-state index is 0.0773. The maximum absolute atomic E-state index is 13.5. The highest BCUT2D eigenvalue weighted by molar-refractivity contribution is 5.99. The molecule has 5 rings (SSSR count). The Morgan fingerprint density at radius 3 is 2.49 bits per heavy atom. The van der Waals surface area contributed by atoms with Crippen molar-refractivity contribution in [1.29, 1.82) is 0 Å². The van der Waals surface area contributed by atoms with Gasteiger partial charge in [-0.1, -0.05) is 24.3 Å². The van der Waals surface area contributed by atoms with Gasteiger partial charge in [0.2, 0.25) is 5.82 Å². The summed E-state index contributed by atoms with van der Waals surface area (Å²) >= 11 is 0. The molecule has 4 aromatic rings. The molecule has 0 atom stereocenters. The SMILES string of the molecule is CC(=O)Cc1ccc2oc(C(=O)N3CCN(C(=O)c4ncn(-c5ccccc5)n4)C(C)(C)C3)c(C)c2c1. The van der Waals surface area contributed by atoms with Crippen molar-refractivity contribution in [2.45, 2.75) is 39.7 Å². The van der Waals surface area contributed by atoms with E-state index in [9.17, 15) is 14.4 Å². The second-order valence-electron chi connectivity index (χ2n) is 10.1. The van der Waals surface area contributed by atoms with E-state index in [1.807, 2.05) is 63.2 Å². The number of furan rings is 1. The molecule has 190 valence electrons. The Balaban J connectivity index is 1.33. The third-order valence-electron chi connectivity index (χ3n) is 6.79. The first-order chi connectivity index (χ1) is 17.6. The van der Waals surface area contributed by atoms with Crippen molar-refractivity contribution in [3.8, 4) is 5.69 Å². The molecule has 3 heterocycles. The Hall–Kier alpha value is -4.27. The Labute approximate surface area is 214 Å². The minimum atomic E-state index is -0.641. The zero-order chi connectivity index (χ0) is 26.3. The van der Waals surface area contributed by atoms with Crippen molar-refractivity contribution in [3.63, 3.8) is 0 Å². The molecule has 0 unspecified atom stereocenters. The van der Waals surface area contributed by atoms with Crippen molar-refractivity contribution >= 4 is 28.6 Å². The van der Waals surface area contributed by atoms with Gasteiger partial charge in [0.25, 0.3) is 11.8 Å². The summed E-state index contributed by atoms with van der Waals surface area (Å²) in [5.41, 5.74) is 2.43. The average Bonchev–Trinajstić information content (AvgIpc) is 3.48. The maximum Gasteiger partial charge on any atom is 0.294 e. The number of aryl methyl sites for hydroxylation is 1. The second-order valence-corrected chi connectivity index (χ2v) is 10.1. The van der Waals surface area contributed by atoms with Crippen LogP contribution in [0.1, 0.15) is 53.1 Å². The Kier molecular flexibility index (Phi) is 6.15. The molecule has 1 fully saturated rings. The maximum atomic E-state index is 13.5. The molecule has 0 saturated carbocycles. The van der Waals surface area contributed by atoms with Gasteiger partial charge in [0.1, 0.15) is 17.7 Å². The minimum Gasteiger partial charge on any atom is -0.451 e. The van der Waals surface area contributed by atoms with E-state index in [-0.39, 0.29) is 29.2 Å². The molecule has 1 saturated heterocycles. The van der Waals surface area contributed by atoms with Crippen molar-refractivity contribution in [3.05, 3.63) is 77.6 Å². The van der Waals surface area contributed by atoms with Gasteiger partial charge < -0.3 is 14.2 Å². The van der Waals surface area contributed by atoms with Crippen LogP contribution in [-0.4, -0.2) is 67.3 Å². The van der Waals surface area contributed by atoms with Gasteiger partial charge >= 0.3 is 0 Å². The van der Waals surface area contributed by atoms with Crippen LogP contribution in [0.15, 0.2) is 59.3 Å². The van der Waals surface area contributed by atoms with E-state index >= 15 is 0 Å². The summed E-state index contributed by atoms with van der Waals surface area (Å²) in [4.78, 5) is 46.0. The van der Waals surface area contributed by atoms with Crippen molar-refractivity contribution in [2.75, 3.05) is 19.6 Å². The van der Waals surface area contributed by atoms with Crippen LogP contribution in [0.2, 0.25) is 0 Å². The predicted molar refractivity (Wildman–Crippen MR) is 138 cm³/mol. The van der Waals surface area contributed by atoms with Crippen LogP contribution < -0.4 is 0 Å². The molecule has 0 N–H and O–H groups in total. The van der Waals surface area contributed by atoms with Crippen LogP contribution in [0.3, 0.4) is 0 Å². The predicted octanol–water partition coefficient (Wildman–Crippen LogP) is 3.83. The number of rotatable bonds is 5. The Morgan fingerprint density at radius 2 is 1.78 bits per heavy atom. The summed E-state index contributed by atoms with van der Waals surface area (Å²) in [6, 6.07) is 15.0. The van der Waals surface area contributed by atoms with E-state index in [0.717, 1.165) is 22.2 Å². The number of hydrogen-bond acceptors (Lipinski definition) is 6. The number of fused-ring (bicyclic) bond motifs is 1. The summed E-state index contributed by atoms with van der Waals surface area (Å²) in [6.45, 7) is 8.31. The van der Waals surface area contributed by atoms with E-state index < -0.39 is 5.54 Å². The van der Waals surface area contributed by atoms with Gasteiger partial charge in [-0.25, -0.2) is 9.67 Å². The zero-order valence-electron chi connectivity index (χ0n) is 21.4. The molecule has 37 heavy (non-hydrogen) atoms. The van der Waals surface area contributed by atoms with E-state index in [1.165, 1.54) is 6.33 Å². The fourth-order valence-electron chi connectivity index (χ4n) is 4.90. The van der Waals surface area contributed by atoms with Gasteiger partial charge in [-0.3, -0.25) is 14.4 Å². The van der Waals surface area contributed by atoms with Crippen LogP contribution in [0.25, 0.3) is 16.7 Å². The smallest absolute Gasteiger partial charge is 0.294 e. The average molecular weight is 500 g/mol. The Morgan fingerprint density at radius 1 is 1.03 bits per heavy atom. The van der Waals surface area contributed by atoms with Crippen LogP contribution in [-0.2, 0) is 11.2 Å². The number of hydrogen-bond donors (Lipinski definition) is 0. The largest absolute Gasteiger partial charge is 0.451 e. The number of Topliss-reactive ketones (excluding diaryl/α,β-unsaturated/α-hetero) is 1. The lowest BCUT2D eigenvalue weighted by molar-refractivity contribution is -0.116. The monoisotopic (exact) mass is 499 g/mol. The van der Waals surface area contributed by atoms with Crippen LogP contribution in [0.5, 0.6) is 0 Å². The molecule has 0 radical (unpaired) electrons. The fraction of sp³-hybridized carbons (Fsp3) is 0.321. The van der Waals surface area contributed by atoms with E-state index in [4.69, 9.17) is 4.42 Å². The molecule has 1 aliphatic rings. The topological polar surface area (TPSA) is 102 Å². The molecule has 9 heteroatoms. The standard InChI is InChI=1S/C28H29N5O4/c1-18(34)14-20-10-11-23-22(15-20)19(2)24(37-23)26(35)31-12-13-32(28(3,4)16-31)27(36)25-29-17-33(30-25)21-8-6-5-7-9-21/h5-11,15,17H,12-14,16H2,1-4H3. The lowest BCUT2D eigenvalue weighted by Crippen LogP contribution is -2.62. The second kappa shape index (κ2) is 9.31. The number of para-hydroxylation sites is 1. The molecule has 9 nitrogen and oxygen atoms in total. The highest BCUT2D eigenvalue weighted by atomic mass is 16.3. The number of ketones is 1. The molecule has 1 aliphatic heterocycles. The number of piperazine rings is 1. The summed E-state index contributed by atoms with van der Waals surface area (Å²) in [6.07, 6.45) is 1.87. The number of benzene rings is 2. The molecule has 2 amide bonds. The summed E-state index contributed by atoms with van der Waals surface area (Å²) < 4.78 is 7.53. The highest BCUT2D eigenvalue weighted by Crippen LogP contribution is 2.30. The van der Waals surface area contributed by atoms with Crippen molar-refractivity contribution in [1.82, 2.24) is 24.6 Å². The fourth-order valence-corrected chi connectivity index (χ4v) is 4.90. The van der Waals surface area contributed by atoms with Gasteiger partial charge in [0.15, 0.2) is 5.76 Å². The summed E-state index contributed by atoms with van der Waals surface area (Å²) in [7, 11) is 0. The quantitative estimate of drug-likeness (QED) is 0.414. The first-order valence-corrected chi connectivity index (χ1v) is 12.2. The van der Waals surface area contributed by atoms with E-state index in [0.29, 0.717) is 31.6 Å². The number of amides is 2. The number of aromatic nitrogens is 3. The van der Waals surface area contributed by atoms with Crippen molar-refractivity contribution < 1.29 is 18.8 Å². The lowest BCUT2D eigenvalue weighted by atomic mass is 9.98. The summed E-state index contributed by atoms with van der Waals surface area (Å²) in [5, 5.41) is 5.21. The third-order valence-corrected chi connectivity index (χ3v) is 6.79. The van der Waals surface area contributed by atoms with E-state index in [2.05, 4.69) is 10.1 Å². The zero-order valence-corrected chi connectivity index (χ0v) is 21.4. The molecular formula is C28H29N5O4. The number of nitrogens with zero attached hydrogens (tertiary/aromatic N) is 5. The van der Waals surface area contributed by atoms with Crippen LogP contribution in [0.4, 0.5) is 0 Å². The van der Waals surface area contributed by atoms with Crippen LogP contribution >= 0.6 is 0 Å². The number of carbonyl (C=O) groups excluding carboxylic acids is 3. The van der Waals surface area contributed by atoms with Gasteiger partial charge in [0.05, 0.1) is 11.2 Å². The third kappa shape index (κ3) is 4.64.